The van der Waals surface area contributed by atoms with Gasteiger partial charge in [0.05, 0.1) is 11.4 Å². The summed E-state index contributed by atoms with van der Waals surface area (Å²) in [5.74, 6) is 5.83. The lowest BCUT2D eigenvalue weighted by Gasteiger charge is -2.08. The molecule has 0 heterocycles. The highest BCUT2D eigenvalue weighted by Gasteiger charge is 2.13. The van der Waals surface area contributed by atoms with Crippen LogP contribution in [0, 0.1) is 17.8 Å². The second kappa shape index (κ2) is 6.55. The molecule has 3 N–H and O–H groups in total. The molecular weight excluding hydrogens is 248 g/mol. The van der Waals surface area contributed by atoms with Crippen LogP contribution in [0.3, 0.4) is 0 Å². The van der Waals surface area contributed by atoms with Gasteiger partial charge in [-0.3, -0.25) is 0 Å². The van der Waals surface area contributed by atoms with Crippen molar-refractivity contribution >= 4 is 10.0 Å². The molecule has 0 bridgehead atoms. The number of nitrogens with two attached hydrogens (primary N) is 1. The normalized spacial score (nSPS) is 11.1. The molecule has 5 heteroatoms. The zero-order valence-electron chi connectivity index (χ0n) is 10.6. The van der Waals surface area contributed by atoms with Crippen LogP contribution in [0.4, 0.5) is 0 Å². The predicted octanol–water partition coefficient (Wildman–Crippen LogP) is 0.931. The molecule has 0 aliphatic carbocycles. The monoisotopic (exact) mass is 266 g/mol. The maximum atomic E-state index is 11.9. The maximum Gasteiger partial charge on any atom is 0.240 e. The number of benzene rings is 1. The molecule has 0 fully saturated rings. The topological polar surface area (TPSA) is 72.2 Å². The lowest BCUT2D eigenvalue weighted by Crippen LogP contribution is -2.27. The SMILES string of the molecule is CC(C)CNS(=O)(=O)c1ccc(C#CCN)cc1. The summed E-state index contributed by atoms with van der Waals surface area (Å²) in [5, 5.41) is 0. The Morgan fingerprint density at radius 2 is 1.89 bits per heavy atom. The standard InChI is InChI=1S/C13H18N2O2S/c1-11(2)10-15-18(16,17)13-7-5-12(6-8-13)4-3-9-14/h5-8,11,15H,9-10,14H2,1-2H3. The molecule has 1 aromatic carbocycles. The smallest absolute Gasteiger partial charge is 0.240 e. The van der Waals surface area contributed by atoms with E-state index in [-0.39, 0.29) is 17.4 Å². The summed E-state index contributed by atoms with van der Waals surface area (Å²) in [6, 6.07) is 6.44. The number of rotatable bonds is 4. The van der Waals surface area contributed by atoms with Gasteiger partial charge in [-0.25, -0.2) is 13.1 Å². The second-order valence-electron chi connectivity index (χ2n) is 4.28. The van der Waals surface area contributed by atoms with Crippen molar-refractivity contribution in [3.8, 4) is 11.8 Å². The molecule has 18 heavy (non-hydrogen) atoms. The first kappa shape index (κ1) is 14.7. The molecule has 0 aliphatic rings. The molecule has 1 aromatic rings. The van der Waals surface area contributed by atoms with Crippen LogP contribution in [0.25, 0.3) is 0 Å². The molecule has 1 rings (SSSR count). The summed E-state index contributed by atoms with van der Waals surface area (Å²) in [7, 11) is -3.42. The van der Waals surface area contributed by atoms with Gasteiger partial charge in [-0.1, -0.05) is 25.7 Å². The molecule has 4 nitrogen and oxygen atoms in total. The molecule has 0 saturated heterocycles. The van der Waals surface area contributed by atoms with E-state index < -0.39 is 10.0 Å². The minimum atomic E-state index is -3.42. The molecule has 0 aliphatic heterocycles. The fourth-order valence-corrected chi connectivity index (χ4v) is 2.44. The van der Waals surface area contributed by atoms with Gasteiger partial charge in [-0.2, -0.15) is 0 Å². The number of sulfonamides is 1. The highest BCUT2D eigenvalue weighted by Crippen LogP contribution is 2.10. The van der Waals surface area contributed by atoms with Crippen LogP contribution in [0.15, 0.2) is 29.2 Å². The molecular formula is C13H18N2O2S. The van der Waals surface area contributed by atoms with Crippen molar-refractivity contribution in [1.29, 1.82) is 0 Å². The van der Waals surface area contributed by atoms with Crippen molar-refractivity contribution in [2.75, 3.05) is 13.1 Å². The van der Waals surface area contributed by atoms with E-state index in [2.05, 4.69) is 16.6 Å². The molecule has 0 amide bonds. The van der Waals surface area contributed by atoms with E-state index in [1.165, 1.54) is 0 Å². The van der Waals surface area contributed by atoms with Crippen LogP contribution in [0.5, 0.6) is 0 Å². The minimum Gasteiger partial charge on any atom is -0.320 e. The average molecular weight is 266 g/mol. The van der Waals surface area contributed by atoms with E-state index in [9.17, 15) is 8.42 Å². The molecule has 0 saturated carbocycles. The minimum absolute atomic E-state index is 0.251. The lowest BCUT2D eigenvalue weighted by molar-refractivity contribution is 0.560. The van der Waals surface area contributed by atoms with Crippen LogP contribution in [-0.2, 0) is 10.0 Å². The van der Waals surface area contributed by atoms with Gasteiger partial charge in [0.15, 0.2) is 0 Å². The van der Waals surface area contributed by atoms with Crippen molar-refractivity contribution in [3.05, 3.63) is 29.8 Å². The Bertz CT molecular complexity index is 537. The van der Waals surface area contributed by atoms with Gasteiger partial charge in [0.1, 0.15) is 0 Å². The molecule has 98 valence electrons. The first-order valence-electron chi connectivity index (χ1n) is 5.74. The third kappa shape index (κ3) is 4.49. The fraction of sp³-hybridized carbons (Fsp3) is 0.385. The highest BCUT2D eigenvalue weighted by atomic mass is 32.2. The third-order valence-corrected chi connectivity index (χ3v) is 3.62. The summed E-state index contributed by atoms with van der Waals surface area (Å²) in [5.41, 5.74) is 6.02. The first-order chi connectivity index (χ1) is 8.45. The first-order valence-corrected chi connectivity index (χ1v) is 7.22. The number of nitrogens with one attached hydrogen (secondary N) is 1. The second-order valence-corrected chi connectivity index (χ2v) is 6.04. The Balaban J connectivity index is 2.84. The quantitative estimate of drug-likeness (QED) is 0.796. The van der Waals surface area contributed by atoms with Gasteiger partial charge in [-0.15, -0.1) is 0 Å². The summed E-state index contributed by atoms with van der Waals surface area (Å²) < 4.78 is 26.3. The molecule has 0 atom stereocenters. The van der Waals surface area contributed by atoms with Gasteiger partial charge in [0.2, 0.25) is 10.0 Å². The Morgan fingerprint density at radius 3 is 2.39 bits per heavy atom. The molecule has 0 radical (unpaired) electrons. The Hall–Kier alpha value is -1.35. The lowest BCUT2D eigenvalue weighted by atomic mass is 10.2. The molecule has 0 aromatic heterocycles. The predicted molar refractivity (Wildman–Crippen MR) is 72.4 cm³/mol. The van der Waals surface area contributed by atoms with E-state index in [1.54, 1.807) is 24.3 Å². The zero-order chi connectivity index (χ0) is 13.6. The summed E-state index contributed by atoms with van der Waals surface area (Å²) in [4.78, 5) is 0.251. The van der Waals surface area contributed by atoms with E-state index in [1.807, 2.05) is 13.8 Å². The third-order valence-electron chi connectivity index (χ3n) is 2.18. The van der Waals surface area contributed by atoms with Crippen LogP contribution < -0.4 is 10.5 Å². The van der Waals surface area contributed by atoms with Gasteiger partial charge in [-0.05, 0) is 30.2 Å². The Kier molecular flexibility index (Phi) is 5.35. The van der Waals surface area contributed by atoms with Crippen LogP contribution in [0.2, 0.25) is 0 Å². The van der Waals surface area contributed by atoms with E-state index >= 15 is 0 Å². The zero-order valence-corrected chi connectivity index (χ0v) is 11.4. The van der Waals surface area contributed by atoms with Gasteiger partial charge < -0.3 is 5.73 Å². The maximum absolute atomic E-state index is 11.9. The van der Waals surface area contributed by atoms with E-state index in [0.717, 1.165) is 5.56 Å². The Morgan fingerprint density at radius 1 is 1.28 bits per heavy atom. The van der Waals surface area contributed by atoms with Gasteiger partial charge >= 0.3 is 0 Å². The van der Waals surface area contributed by atoms with Crippen molar-refractivity contribution in [2.45, 2.75) is 18.7 Å². The van der Waals surface area contributed by atoms with E-state index in [0.29, 0.717) is 6.54 Å². The van der Waals surface area contributed by atoms with Gasteiger partial charge in [0.25, 0.3) is 0 Å². The van der Waals surface area contributed by atoms with Crippen molar-refractivity contribution in [3.63, 3.8) is 0 Å². The fourth-order valence-electron chi connectivity index (χ4n) is 1.23. The largest absolute Gasteiger partial charge is 0.320 e. The molecule has 0 unspecified atom stereocenters. The number of hydrogen-bond acceptors (Lipinski definition) is 3. The molecule has 0 spiro atoms. The summed E-state index contributed by atoms with van der Waals surface area (Å²) in [6.07, 6.45) is 0. The van der Waals surface area contributed by atoms with Crippen LogP contribution in [-0.4, -0.2) is 21.5 Å². The van der Waals surface area contributed by atoms with Crippen molar-refractivity contribution in [2.24, 2.45) is 11.7 Å². The number of hydrogen-bond donors (Lipinski definition) is 2. The average Bonchev–Trinajstić information content (AvgIpc) is 2.34. The van der Waals surface area contributed by atoms with E-state index in [4.69, 9.17) is 5.73 Å². The van der Waals surface area contributed by atoms with Crippen LogP contribution >= 0.6 is 0 Å². The van der Waals surface area contributed by atoms with Crippen molar-refractivity contribution in [1.82, 2.24) is 4.72 Å². The van der Waals surface area contributed by atoms with Gasteiger partial charge in [0, 0.05) is 12.1 Å². The Labute approximate surface area is 109 Å². The van der Waals surface area contributed by atoms with Crippen molar-refractivity contribution < 1.29 is 8.42 Å². The van der Waals surface area contributed by atoms with Crippen LogP contribution in [0.1, 0.15) is 19.4 Å². The summed E-state index contributed by atoms with van der Waals surface area (Å²) in [6.45, 7) is 4.62. The highest BCUT2D eigenvalue weighted by molar-refractivity contribution is 7.89. The summed E-state index contributed by atoms with van der Waals surface area (Å²) >= 11 is 0.